The second-order valence-corrected chi connectivity index (χ2v) is 4.51. The number of hydrogen-bond donors (Lipinski definition) is 1. The summed E-state index contributed by atoms with van der Waals surface area (Å²) < 4.78 is 5.89. The van der Waals surface area contributed by atoms with E-state index in [4.69, 9.17) is 4.74 Å². The molecule has 0 saturated heterocycles. The van der Waals surface area contributed by atoms with Gasteiger partial charge >= 0.3 is 0 Å². The van der Waals surface area contributed by atoms with Crippen LogP contribution in [0, 0.1) is 0 Å². The van der Waals surface area contributed by atoms with Gasteiger partial charge in [0.15, 0.2) is 0 Å². The molecule has 0 spiro atoms. The topological polar surface area (TPSA) is 21.3 Å². The van der Waals surface area contributed by atoms with Gasteiger partial charge in [-0.05, 0) is 12.1 Å². The van der Waals surface area contributed by atoms with Crippen LogP contribution in [-0.2, 0) is 0 Å². The minimum Gasteiger partial charge on any atom is -0.491 e. The van der Waals surface area contributed by atoms with E-state index in [1.165, 1.54) is 16.7 Å². The Balaban J connectivity index is 2.04. The van der Waals surface area contributed by atoms with Gasteiger partial charge in [-0.15, -0.1) is 0 Å². The summed E-state index contributed by atoms with van der Waals surface area (Å²) in [4.78, 5) is 0. The average Bonchev–Trinajstić information content (AvgIpc) is 2.84. The third-order valence-corrected chi connectivity index (χ3v) is 3.35. The minimum atomic E-state index is 0.327. The molecule has 0 aromatic heterocycles. The van der Waals surface area contributed by atoms with Gasteiger partial charge in [0.05, 0.1) is 6.04 Å². The Hall–Kier alpha value is -1.80. The number of fused-ring (bicyclic) bond motifs is 1. The molecule has 0 saturated carbocycles. The number of nitrogens with one attached hydrogen (secondary N) is 1. The quantitative estimate of drug-likeness (QED) is 0.886. The largest absolute Gasteiger partial charge is 0.491 e. The summed E-state index contributed by atoms with van der Waals surface area (Å²) in [5.74, 6) is 1.04. The predicted octanol–water partition coefficient (Wildman–Crippen LogP) is 3.40. The van der Waals surface area contributed by atoms with Crippen LogP contribution in [0.1, 0.15) is 18.5 Å². The standard InChI is InChI=1S/C16H17NO/c1-2-17-15-11-18-16-13(9-6-10-14(15)16)12-7-4-3-5-8-12/h3-10,15,17H,2,11H2,1H3. The molecule has 18 heavy (non-hydrogen) atoms. The molecule has 92 valence electrons. The molecule has 0 aliphatic carbocycles. The van der Waals surface area contributed by atoms with Crippen molar-refractivity contribution in [2.24, 2.45) is 0 Å². The van der Waals surface area contributed by atoms with Gasteiger partial charge in [0.1, 0.15) is 12.4 Å². The molecule has 1 aliphatic rings. The van der Waals surface area contributed by atoms with E-state index < -0.39 is 0 Å². The van der Waals surface area contributed by atoms with E-state index in [1.807, 2.05) is 6.07 Å². The molecule has 3 rings (SSSR count). The Labute approximate surface area is 108 Å². The van der Waals surface area contributed by atoms with Crippen molar-refractivity contribution in [1.82, 2.24) is 5.32 Å². The first kappa shape index (κ1) is 11.3. The maximum Gasteiger partial charge on any atom is 0.132 e. The summed E-state index contributed by atoms with van der Waals surface area (Å²) in [7, 11) is 0. The molecule has 0 amide bonds. The van der Waals surface area contributed by atoms with Crippen molar-refractivity contribution in [2.75, 3.05) is 13.2 Å². The van der Waals surface area contributed by atoms with Gasteiger partial charge < -0.3 is 10.1 Å². The van der Waals surface area contributed by atoms with Gasteiger partial charge in [-0.3, -0.25) is 0 Å². The van der Waals surface area contributed by atoms with Crippen LogP contribution >= 0.6 is 0 Å². The van der Waals surface area contributed by atoms with E-state index in [-0.39, 0.29) is 0 Å². The van der Waals surface area contributed by atoms with Gasteiger partial charge in [-0.2, -0.15) is 0 Å². The first-order chi connectivity index (χ1) is 8.90. The van der Waals surface area contributed by atoms with Crippen molar-refractivity contribution in [2.45, 2.75) is 13.0 Å². The highest BCUT2D eigenvalue weighted by atomic mass is 16.5. The van der Waals surface area contributed by atoms with Crippen molar-refractivity contribution in [1.29, 1.82) is 0 Å². The zero-order chi connectivity index (χ0) is 12.4. The lowest BCUT2D eigenvalue weighted by Gasteiger charge is -2.10. The Bertz CT molecular complexity index is 536. The van der Waals surface area contributed by atoms with Crippen LogP contribution in [0.5, 0.6) is 5.75 Å². The summed E-state index contributed by atoms with van der Waals surface area (Å²) in [6, 6.07) is 17.1. The van der Waals surface area contributed by atoms with Crippen molar-refractivity contribution < 1.29 is 4.74 Å². The Kier molecular flexibility index (Phi) is 3.03. The highest BCUT2D eigenvalue weighted by Crippen LogP contribution is 2.40. The fourth-order valence-corrected chi connectivity index (χ4v) is 2.51. The zero-order valence-corrected chi connectivity index (χ0v) is 10.5. The minimum absolute atomic E-state index is 0.327. The van der Waals surface area contributed by atoms with Crippen LogP contribution in [0.4, 0.5) is 0 Å². The van der Waals surface area contributed by atoms with Crippen molar-refractivity contribution in [3.63, 3.8) is 0 Å². The van der Waals surface area contributed by atoms with Crippen molar-refractivity contribution in [3.8, 4) is 16.9 Å². The molecule has 0 fully saturated rings. The summed E-state index contributed by atoms with van der Waals surface area (Å²) >= 11 is 0. The first-order valence-electron chi connectivity index (χ1n) is 6.44. The lowest BCUT2D eigenvalue weighted by molar-refractivity contribution is 0.314. The molecule has 2 aromatic rings. The lowest BCUT2D eigenvalue weighted by atomic mass is 9.99. The van der Waals surface area contributed by atoms with Gasteiger partial charge in [-0.1, -0.05) is 55.5 Å². The molecule has 1 unspecified atom stereocenters. The second-order valence-electron chi connectivity index (χ2n) is 4.51. The molecule has 1 N–H and O–H groups in total. The Morgan fingerprint density at radius 2 is 1.94 bits per heavy atom. The SMILES string of the molecule is CCNC1COc2c(-c3ccccc3)cccc21. The van der Waals surface area contributed by atoms with Crippen LogP contribution in [0.25, 0.3) is 11.1 Å². The Morgan fingerprint density at radius 3 is 2.72 bits per heavy atom. The molecule has 1 heterocycles. The number of likely N-dealkylation sites (N-methyl/N-ethyl adjacent to an activating group) is 1. The summed E-state index contributed by atoms with van der Waals surface area (Å²) in [5.41, 5.74) is 3.68. The van der Waals surface area contributed by atoms with Crippen molar-refractivity contribution in [3.05, 3.63) is 54.1 Å². The monoisotopic (exact) mass is 239 g/mol. The Morgan fingerprint density at radius 1 is 1.11 bits per heavy atom. The second kappa shape index (κ2) is 4.83. The fourth-order valence-electron chi connectivity index (χ4n) is 2.51. The molecule has 0 bridgehead atoms. The van der Waals surface area contributed by atoms with Gasteiger partial charge in [0.2, 0.25) is 0 Å². The molecule has 2 heteroatoms. The maximum atomic E-state index is 5.89. The normalized spacial score (nSPS) is 17.3. The number of hydrogen-bond acceptors (Lipinski definition) is 2. The maximum absolute atomic E-state index is 5.89. The van der Waals surface area contributed by atoms with E-state index >= 15 is 0 Å². The average molecular weight is 239 g/mol. The molecule has 1 aliphatic heterocycles. The van der Waals surface area contributed by atoms with Crippen LogP contribution < -0.4 is 10.1 Å². The first-order valence-corrected chi connectivity index (χ1v) is 6.44. The van der Waals surface area contributed by atoms with Gasteiger partial charge in [-0.25, -0.2) is 0 Å². The molecule has 2 aromatic carbocycles. The van der Waals surface area contributed by atoms with Crippen LogP contribution in [0.15, 0.2) is 48.5 Å². The molecule has 0 radical (unpaired) electrons. The van der Waals surface area contributed by atoms with Crippen molar-refractivity contribution >= 4 is 0 Å². The van der Waals surface area contributed by atoms with Gasteiger partial charge in [0.25, 0.3) is 0 Å². The smallest absolute Gasteiger partial charge is 0.132 e. The molecule has 2 nitrogen and oxygen atoms in total. The van der Waals surface area contributed by atoms with E-state index in [0.717, 1.165) is 18.9 Å². The number of rotatable bonds is 3. The van der Waals surface area contributed by atoms with E-state index in [0.29, 0.717) is 6.04 Å². The van der Waals surface area contributed by atoms with Crippen LogP contribution in [0.3, 0.4) is 0 Å². The van der Waals surface area contributed by atoms with E-state index in [1.54, 1.807) is 0 Å². The molecular weight excluding hydrogens is 222 g/mol. The zero-order valence-electron chi connectivity index (χ0n) is 10.5. The fraction of sp³-hybridized carbons (Fsp3) is 0.250. The van der Waals surface area contributed by atoms with Crippen LogP contribution in [0.2, 0.25) is 0 Å². The third-order valence-electron chi connectivity index (χ3n) is 3.35. The lowest BCUT2D eigenvalue weighted by Crippen LogP contribution is -2.21. The summed E-state index contributed by atoms with van der Waals surface area (Å²) in [5, 5.41) is 3.45. The van der Waals surface area contributed by atoms with E-state index in [2.05, 4.69) is 54.7 Å². The highest BCUT2D eigenvalue weighted by molar-refractivity contribution is 5.73. The summed E-state index contributed by atoms with van der Waals surface area (Å²) in [6.07, 6.45) is 0. The summed E-state index contributed by atoms with van der Waals surface area (Å²) in [6.45, 7) is 3.81. The van der Waals surface area contributed by atoms with E-state index in [9.17, 15) is 0 Å². The number of benzene rings is 2. The molecule has 1 atom stereocenters. The predicted molar refractivity (Wildman–Crippen MR) is 73.8 cm³/mol. The van der Waals surface area contributed by atoms with Gasteiger partial charge in [0, 0.05) is 11.1 Å². The number of ether oxygens (including phenoxy) is 1. The third kappa shape index (κ3) is 1.89. The molecular formula is C16H17NO. The van der Waals surface area contributed by atoms with Crippen LogP contribution in [-0.4, -0.2) is 13.2 Å². The highest BCUT2D eigenvalue weighted by Gasteiger charge is 2.25. The number of para-hydroxylation sites is 1.